The zero-order valence-electron chi connectivity index (χ0n) is 13.0. The predicted octanol–water partition coefficient (Wildman–Crippen LogP) is 1.11. The van der Waals surface area contributed by atoms with E-state index >= 15 is 0 Å². The second kappa shape index (κ2) is 7.90. The number of aliphatic hydroxyl groups excluding tert-OH is 1. The van der Waals surface area contributed by atoms with Gasteiger partial charge in [-0.15, -0.1) is 0 Å². The second-order valence-electron chi connectivity index (χ2n) is 6.58. The smallest absolute Gasteiger partial charge is 0.154 e. The minimum absolute atomic E-state index is 0.267. The molecule has 2 aliphatic rings. The Labute approximate surface area is 128 Å². The van der Waals surface area contributed by atoms with Gasteiger partial charge in [-0.05, 0) is 31.6 Å². The van der Waals surface area contributed by atoms with Gasteiger partial charge in [0, 0.05) is 13.1 Å². The van der Waals surface area contributed by atoms with Crippen LogP contribution >= 0.6 is 0 Å². The molecule has 0 aromatic rings. The average Bonchev–Trinajstić information content (AvgIpc) is 2.77. The van der Waals surface area contributed by atoms with Crippen molar-refractivity contribution >= 4 is 9.84 Å². The molecule has 2 fully saturated rings. The highest BCUT2D eigenvalue weighted by Crippen LogP contribution is 2.26. The quantitative estimate of drug-likeness (QED) is 0.735. The summed E-state index contributed by atoms with van der Waals surface area (Å²) in [5.74, 6) is 0.882. The Morgan fingerprint density at radius 3 is 2.67 bits per heavy atom. The Morgan fingerprint density at radius 2 is 2.00 bits per heavy atom. The third kappa shape index (κ3) is 5.20. The van der Waals surface area contributed by atoms with Gasteiger partial charge in [0.05, 0.1) is 29.8 Å². The molecule has 2 N–H and O–H groups in total. The second-order valence-corrected chi connectivity index (χ2v) is 8.98. The molecule has 1 aliphatic carbocycles. The van der Waals surface area contributed by atoms with Gasteiger partial charge >= 0.3 is 0 Å². The fourth-order valence-electron chi connectivity index (χ4n) is 3.32. The largest absolute Gasteiger partial charge is 0.389 e. The zero-order valence-corrected chi connectivity index (χ0v) is 13.8. The highest BCUT2D eigenvalue weighted by molar-refractivity contribution is 7.92. The molecule has 1 aliphatic heterocycles. The maximum absolute atomic E-state index is 11.7. The Bertz CT molecular complexity index is 412. The topological polar surface area (TPSA) is 75.6 Å². The van der Waals surface area contributed by atoms with Gasteiger partial charge in [-0.3, -0.25) is 0 Å². The molecule has 0 aromatic heterocycles. The van der Waals surface area contributed by atoms with Crippen molar-refractivity contribution in [3.8, 4) is 0 Å². The van der Waals surface area contributed by atoms with Gasteiger partial charge in [0.25, 0.3) is 0 Å². The molecule has 21 heavy (non-hydrogen) atoms. The SMILES string of the molecule is CC1CCCCC1OCC(O)CNCC1CCCS1(=O)=O. The van der Waals surface area contributed by atoms with Gasteiger partial charge in [-0.2, -0.15) is 0 Å². The molecule has 4 atom stereocenters. The van der Waals surface area contributed by atoms with E-state index in [1.807, 2.05) is 0 Å². The van der Waals surface area contributed by atoms with Crippen LogP contribution in [-0.4, -0.2) is 56.4 Å². The van der Waals surface area contributed by atoms with Crippen molar-refractivity contribution in [3.63, 3.8) is 0 Å². The predicted molar refractivity (Wildman–Crippen MR) is 83.1 cm³/mol. The number of hydrogen-bond donors (Lipinski definition) is 2. The molecule has 6 heteroatoms. The van der Waals surface area contributed by atoms with Crippen LogP contribution in [0.25, 0.3) is 0 Å². The van der Waals surface area contributed by atoms with Crippen LogP contribution in [-0.2, 0) is 14.6 Å². The summed E-state index contributed by atoms with van der Waals surface area (Å²) in [6, 6.07) is 0. The molecule has 1 saturated carbocycles. The van der Waals surface area contributed by atoms with Crippen molar-refractivity contribution < 1.29 is 18.3 Å². The van der Waals surface area contributed by atoms with E-state index in [4.69, 9.17) is 4.74 Å². The van der Waals surface area contributed by atoms with E-state index in [0.29, 0.717) is 31.4 Å². The summed E-state index contributed by atoms with van der Waals surface area (Å²) in [6.45, 7) is 3.38. The van der Waals surface area contributed by atoms with Gasteiger partial charge in [0.1, 0.15) is 0 Å². The van der Waals surface area contributed by atoms with Crippen LogP contribution in [0.1, 0.15) is 45.4 Å². The van der Waals surface area contributed by atoms with Crippen LogP contribution in [0.2, 0.25) is 0 Å². The van der Waals surface area contributed by atoms with Crippen LogP contribution < -0.4 is 5.32 Å². The number of aliphatic hydroxyl groups is 1. The molecule has 4 unspecified atom stereocenters. The van der Waals surface area contributed by atoms with Gasteiger partial charge in [-0.1, -0.05) is 19.8 Å². The summed E-state index contributed by atoms with van der Waals surface area (Å²) < 4.78 is 29.2. The molecule has 124 valence electrons. The van der Waals surface area contributed by atoms with E-state index < -0.39 is 15.9 Å². The molecule has 0 radical (unpaired) electrons. The maximum atomic E-state index is 11.7. The first kappa shape index (κ1) is 17.2. The van der Waals surface area contributed by atoms with Crippen molar-refractivity contribution in [1.82, 2.24) is 5.32 Å². The summed E-state index contributed by atoms with van der Waals surface area (Å²) >= 11 is 0. The van der Waals surface area contributed by atoms with Crippen LogP contribution in [0.4, 0.5) is 0 Å². The third-order valence-electron chi connectivity index (χ3n) is 4.75. The maximum Gasteiger partial charge on any atom is 0.154 e. The lowest BCUT2D eigenvalue weighted by Crippen LogP contribution is -2.38. The summed E-state index contributed by atoms with van der Waals surface area (Å²) in [5, 5.41) is 12.7. The molecular formula is C15H29NO4S. The minimum Gasteiger partial charge on any atom is -0.389 e. The number of sulfone groups is 1. The monoisotopic (exact) mass is 319 g/mol. The highest BCUT2D eigenvalue weighted by atomic mass is 32.2. The summed E-state index contributed by atoms with van der Waals surface area (Å²) in [7, 11) is -2.90. The Hall–Kier alpha value is -0.170. The molecular weight excluding hydrogens is 290 g/mol. The fraction of sp³-hybridized carbons (Fsp3) is 1.00. The molecule has 2 rings (SSSR count). The molecule has 0 spiro atoms. The fourth-order valence-corrected chi connectivity index (χ4v) is 5.12. The molecule has 0 amide bonds. The Kier molecular flexibility index (Phi) is 6.47. The van der Waals surface area contributed by atoms with Gasteiger partial charge < -0.3 is 15.2 Å². The van der Waals surface area contributed by atoms with Crippen molar-refractivity contribution in [1.29, 1.82) is 0 Å². The van der Waals surface area contributed by atoms with Crippen LogP contribution in [0.3, 0.4) is 0 Å². The lowest BCUT2D eigenvalue weighted by molar-refractivity contribution is -0.0450. The zero-order chi connectivity index (χ0) is 15.3. The molecule has 5 nitrogen and oxygen atoms in total. The third-order valence-corrected chi connectivity index (χ3v) is 7.03. The average molecular weight is 319 g/mol. The lowest BCUT2D eigenvalue weighted by atomic mass is 9.88. The van der Waals surface area contributed by atoms with E-state index in [1.165, 1.54) is 19.3 Å². The molecule has 0 bridgehead atoms. The standard InChI is InChI=1S/C15H29NO4S/c1-12-5-2-3-7-15(12)20-11-13(17)9-16-10-14-6-4-8-21(14,18)19/h12-17H,2-11H2,1H3. The number of rotatable bonds is 7. The lowest BCUT2D eigenvalue weighted by Gasteiger charge is -2.29. The minimum atomic E-state index is -2.90. The van der Waals surface area contributed by atoms with Crippen LogP contribution in [0.15, 0.2) is 0 Å². The number of nitrogens with one attached hydrogen (secondary N) is 1. The highest BCUT2D eigenvalue weighted by Gasteiger charge is 2.30. The van der Waals surface area contributed by atoms with Crippen molar-refractivity contribution in [3.05, 3.63) is 0 Å². The van der Waals surface area contributed by atoms with Gasteiger partial charge in [0.2, 0.25) is 0 Å². The van der Waals surface area contributed by atoms with E-state index in [2.05, 4.69) is 12.2 Å². The van der Waals surface area contributed by atoms with E-state index in [9.17, 15) is 13.5 Å². The molecule has 0 aromatic carbocycles. The Morgan fingerprint density at radius 1 is 1.24 bits per heavy atom. The van der Waals surface area contributed by atoms with Crippen LogP contribution in [0.5, 0.6) is 0 Å². The van der Waals surface area contributed by atoms with Gasteiger partial charge in [-0.25, -0.2) is 8.42 Å². The first-order chi connectivity index (χ1) is 9.99. The van der Waals surface area contributed by atoms with Gasteiger partial charge in [0.15, 0.2) is 9.84 Å². The first-order valence-corrected chi connectivity index (χ1v) is 9.92. The molecule has 1 saturated heterocycles. The van der Waals surface area contributed by atoms with E-state index in [-0.39, 0.29) is 11.4 Å². The van der Waals surface area contributed by atoms with Crippen molar-refractivity contribution in [2.24, 2.45) is 5.92 Å². The first-order valence-electron chi connectivity index (χ1n) is 8.21. The normalized spacial score (nSPS) is 33.9. The van der Waals surface area contributed by atoms with Crippen molar-refractivity contribution in [2.45, 2.75) is 62.9 Å². The number of hydrogen-bond acceptors (Lipinski definition) is 5. The van der Waals surface area contributed by atoms with E-state index in [1.54, 1.807) is 0 Å². The van der Waals surface area contributed by atoms with Crippen molar-refractivity contribution in [2.75, 3.05) is 25.4 Å². The molecule has 1 heterocycles. The summed E-state index contributed by atoms with van der Waals surface area (Å²) in [4.78, 5) is 0. The number of ether oxygens (including phenoxy) is 1. The Balaban J connectivity index is 1.60. The summed E-state index contributed by atoms with van der Waals surface area (Å²) in [6.07, 6.45) is 5.98. The van der Waals surface area contributed by atoms with E-state index in [0.717, 1.165) is 19.3 Å². The summed E-state index contributed by atoms with van der Waals surface area (Å²) in [5.41, 5.74) is 0. The van der Waals surface area contributed by atoms with Crippen LogP contribution in [0, 0.1) is 5.92 Å².